The number of phenols is 1. The number of hydrogen-bond donors (Lipinski definition) is 2. The highest BCUT2D eigenvalue weighted by atomic mass is 79.9. The van der Waals surface area contributed by atoms with Gasteiger partial charge in [0, 0.05) is 10.9 Å². The van der Waals surface area contributed by atoms with Gasteiger partial charge in [-0.3, -0.25) is 29.5 Å². The van der Waals surface area contributed by atoms with Crippen LogP contribution in [-0.4, -0.2) is 40.9 Å². The van der Waals surface area contributed by atoms with Crippen LogP contribution in [0.3, 0.4) is 0 Å². The molecule has 2 saturated heterocycles. The highest BCUT2D eigenvalue weighted by Crippen LogP contribution is 2.64. The van der Waals surface area contributed by atoms with E-state index in [1.165, 1.54) is 36.3 Å². The number of carbonyl (C=O) groups is 4. The van der Waals surface area contributed by atoms with Gasteiger partial charge in [0.05, 0.1) is 46.1 Å². The maximum Gasteiger partial charge on any atom is 0.260 e. The molecule has 4 aromatic rings. The van der Waals surface area contributed by atoms with Gasteiger partial charge >= 0.3 is 0 Å². The lowest BCUT2D eigenvalue weighted by molar-refractivity contribution is -0.138. The van der Waals surface area contributed by atoms with E-state index in [-0.39, 0.29) is 36.2 Å². The molecule has 4 aromatic carbocycles. The number of nitrogens with one attached hydrogen (secondary N) is 1. The second-order valence-corrected chi connectivity index (χ2v) is 15.0. The minimum atomic E-state index is -1.59. The number of nitrogens with zero attached hydrogens (tertiary/aromatic N) is 2. The number of hydrazine groups is 1. The lowest BCUT2D eigenvalue weighted by Crippen LogP contribution is -2.53. The minimum Gasteiger partial charge on any atom is -0.503 e. The van der Waals surface area contributed by atoms with Crippen molar-refractivity contribution in [3.05, 3.63) is 135 Å². The molecule has 2 aliphatic carbocycles. The number of fused-ring (bicyclic) bond motifs is 4. The van der Waals surface area contributed by atoms with Gasteiger partial charge in [0.1, 0.15) is 5.82 Å². The van der Waals surface area contributed by atoms with Crippen molar-refractivity contribution < 1.29 is 33.4 Å². The van der Waals surface area contributed by atoms with Crippen molar-refractivity contribution >= 4 is 68.6 Å². The summed E-state index contributed by atoms with van der Waals surface area (Å²) in [6.07, 6.45) is 3.93. The largest absolute Gasteiger partial charge is 0.503 e. The number of hydrogen-bond acceptors (Lipinski definition) is 7. The van der Waals surface area contributed by atoms with E-state index >= 15 is 4.79 Å². The van der Waals surface area contributed by atoms with Crippen molar-refractivity contribution in [1.29, 1.82) is 0 Å². The molecule has 0 aromatic heterocycles. The Morgan fingerprint density at radius 1 is 0.962 bits per heavy atom. The van der Waals surface area contributed by atoms with Crippen LogP contribution in [0, 0.1) is 29.5 Å². The van der Waals surface area contributed by atoms with Crippen LogP contribution in [0.15, 0.2) is 108 Å². The Morgan fingerprint density at radius 2 is 1.66 bits per heavy atom. The molecule has 0 bridgehead atoms. The van der Waals surface area contributed by atoms with Crippen molar-refractivity contribution in [2.45, 2.75) is 24.2 Å². The van der Waals surface area contributed by atoms with Gasteiger partial charge < -0.3 is 9.84 Å². The molecule has 0 radical (unpaired) electrons. The van der Waals surface area contributed by atoms with E-state index in [1.54, 1.807) is 66.7 Å². The molecular weight excluding hydrogens is 765 g/mol. The predicted octanol–water partition coefficient (Wildman–Crippen LogP) is 7.79. The first-order valence-electron chi connectivity index (χ1n) is 17.0. The molecule has 1 saturated carbocycles. The number of aromatic hydroxyl groups is 1. The Kier molecular flexibility index (Phi) is 8.54. The third kappa shape index (κ3) is 5.23. The average molecular weight is 797 g/mol. The van der Waals surface area contributed by atoms with Crippen LogP contribution in [0.2, 0.25) is 5.02 Å². The van der Waals surface area contributed by atoms with Gasteiger partial charge in [-0.2, -0.15) is 5.01 Å². The molecule has 0 spiro atoms. The lowest BCUT2D eigenvalue weighted by atomic mass is 9.49. The van der Waals surface area contributed by atoms with Crippen molar-refractivity contribution in [2.24, 2.45) is 23.7 Å². The molecule has 4 amide bonds. The Labute approximate surface area is 317 Å². The third-order valence-electron chi connectivity index (χ3n) is 11.2. The zero-order chi connectivity index (χ0) is 37.3. The second kappa shape index (κ2) is 13.0. The molecule has 12 heteroatoms. The Morgan fingerprint density at radius 3 is 2.32 bits per heavy atom. The van der Waals surface area contributed by atoms with Gasteiger partial charge in [0.2, 0.25) is 11.8 Å². The summed E-state index contributed by atoms with van der Waals surface area (Å²) in [5.74, 6) is -6.31. The third-order valence-corrected chi connectivity index (χ3v) is 12.1. The van der Waals surface area contributed by atoms with Crippen LogP contribution in [0.1, 0.15) is 35.4 Å². The molecule has 6 atom stereocenters. The molecular formula is C41H32BrClFN3O6. The fourth-order valence-electron chi connectivity index (χ4n) is 8.96. The van der Waals surface area contributed by atoms with Gasteiger partial charge in [-0.25, -0.2) is 4.39 Å². The van der Waals surface area contributed by atoms with Crippen LogP contribution < -0.4 is 15.1 Å². The standard InChI is InChI=1S/C41H32BrClFN3O6/c1-3-21-4-14-27(15-5-21)46-37(49)29-17-16-28-30(34(29)39(46)51)20-31-38(50)47(45-26-12-10-25(44)11-13-26)40(52)41(31,23-6-8-24(43)9-7-23)35(28)22-18-32(42)36(48)33(19-22)53-2/h3-16,18-19,29-31,34-35,45,48H,1,17,20H2,2H3/t29-,30+,31-,34-,35-,41+/m0/s1. The van der Waals surface area contributed by atoms with E-state index in [1.807, 2.05) is 6.08 Å². The Bertz CT molecular complexity index is 2250. The summed E-state index contributed by atoms with van der Waals surface area (Å²) < 4.78 is 19.8. The molecule has 0 unspecified atom stereocenters. The molecule has 53 heavy (non-hydrogen) atoms. The number of imide groups is 2. The highest BCUT2D eigenvalue weighted by molar-refractivity contribution is 9.10. The average Bonchev–Trinajstić information content (AvgIpc) is 3.54. The number of allylic oxidation sites excluding steroid dienone is 2. The molecule has 2 N–H and O–H groups in total. The van der Waals surface area contributed by atoms with E-state index in [4.69, 9.17) is 16.3 Å². The smallest absolute Gasteiger partial charge is 0.260 e. The van der Waals surface area contributed by atoms with Crippen molar-refractivity contribution in [3.8, 4) is 11.5 Å². The van der Waals surface area contributed by atoms with E-state index in [0.717, 1.165) is 16.1 Å². The number of halogens is 3. The second-order valence-electron chi connectivity index (χ2n) is 13.7. The highest BCUT2D eigenvalue weighted by Gasteiger charge is 2.70. The van der Waals surface area contributed by atoms with Gasteiger partial charge in [0.15, 0.2) is 11.5 Å². The number of rotatable bonds is 7. The molecule has 8 rings (SSSR count). The van der Waals surface area contributed by atoms with Crippen LogP contribution in [0.25, 0.3) is 6.08 Å². The van der Waals surface area contributed by atoms with Crippen molar-refractivity contribution in [2.75, 3.05) is 17.4 Å². The molecule has 4 aliphatic rings. The normalized spacial score (nSPS) is 26.2. The molecule has 9 nitrogen and oxygen atoms in total. The summed E-state index contributed by atoms with van der Waals surface area (Å²) in [6.45, 7) is 3.79. The molecule has 2 heterocycles. The SMILES string of the molecule is C=Cc1ccc(N2C(=O)[C@H]3[C@H](CC=C4[C@H]3C[C@H]3C(=O)N(Nc5ccc(F)cc5)C(=O)[C@@]3(c3ccc(Cl)cc3)[C@H]4c3cc(Br)c(O)c(OC)c3)C2=O)cc1. The van der Waals surface area contributed by atoms with Gasteiger partial charge in [-0.15, -0.1) is 0 Å². The topological polar surface area (TPSA) is 116 Å². The van der Waals surface area contributed by atoms with Crippen LogP contribution >= 0.6 is 27.5 Å². The Hall–Kier alpha value is -5.26. The zero-order valence-corrected chi connectivity index (χ0v) is 30.6. The number of methoxy groups -OCH3 is 1. The van der Waals surface area contributed by atoms with E-state index in [2.05, 4.69) is 27.9 Å². The van der Waals surface area contributed by atoms with Crippen LogP contribution in [0.5, 0.6) is 11.5 Å². The zero-order valence-electron chi connectivity index (χ0n) is 28.3. The predicted molar refractivity (Wildman–Crippen MR) is 200 cm³/mol. The Balaban J connectivity index is 1.34. The summed E-state index contributed by atoms with van der Waals surface area (Å²) in [6, 6.07) is 22.4. The number of phenolic OH excluding ortho intramolecular Hbond substituents is 1. The maximum atomic E-state index is 15.3. The van der Waals surface area contributed by atoms with Crippen LogP contribution in [-0.2, 0) is 24.6 Å². The van der Waals surface area contributed by atoms with E-state index < -0.39 is 52.6 Å². The number of benzene rings is 4. The van der Waals surface area contributed by atoms with Crippen molar-refractivity contribution in [3.63, 3.8) is 0 Å². The lowest BCUT2D eigenvalue weighted by Gasteiger charge is -2.50. The minimum absolute atomic E-state index is 0.0803. The van der Waals surface area contributed by atoms with Gasteiger partial charge in [0.25, 0.3) is 11.8 Å². The summed E-state index contributed by atoms with van der Waals surface area (Å²) in [7, 11) is 1.41. The van der Waals surface area contributed by atoms with Crippen molar-refractivity contribution in [1.82, 2.24) is 5.01 Å². The van der Waals surface area contributed by atoms with Crippen LogP contribution in [0.4, 0.5) is 15.8 Å². The summed E-state index contributed by atoms with van der Waals surface area (Å²) in [5.41, 5.74) is 4.73. The van der Waals surface area contributed by atoms with Gasteiger partial charge in [-0.1, -0.05) is 60.2 Å². The molecule has 268 valence electrons. The quantitative estimate of drug-likeness (QED) is 0.145. The first-order valence-corrected chi connectivity index (χ1v) is 18.2. The molecule has 3 fully saturated rings. The first-order chi connectivity index (χ1) is 25.5. The number of amides is 4. The molecule has 2 aliphatic heterocycles. The summed E-state index contributed by atoms with van der Waals surface area (Å²) >= 11 is 9.83. The fourth-order valence-corrected chi connectivity index (χ4v) is 9.55. The van der Waals surface area contributed by atoms with E-state index in [9.17, 15) is 23.9 Å². The number of ether oxygens (including phenoxy) is 1. The monoisotopic (exact) mass is 795 g/mol. The summed E-state index contributed by atoms with van der Waals surface area (Å²) in [4.78, 5) is 60.0. The number of anilines is 2. The first kappa shape index (κ1) is 34.8. The summed E-state index contributed by atoms with van der Waals surface area (Å²) in [5, 5.41) is 12.3. The fraction of sp³-hybridized carbons (Fsp3) is 0.220. The number of carbonyl (C=O) groups excluding carboxylic acids is 4. The van der Waals surface area contributed by atoms with E-state index in [0.29, 0.717) is 32.0 Å². The maximum absolute atomic E-state index is 15.3. The van der Waals surface area contributed by atoms with Gasteiger partial charge in [-0.05, 0) is 112 Å².